The van der Waals surface area contributed by atoms with Gasteiger partial charge in [0.2, 0.25) is 0 Å². The van der Waals surface area contributed by atoms with Gasteiger partial charge >= 0.3 is 0 Å². The molecule has 0 atom stereocenters. The monoisotopic (exact) mass is 571 g/mol. The smallest absolute Gasteiger partial charge is 0.293 e. The van der Waals surface area contributed by atoms with E-state index in [-0.39, 0.29) is 17.7 Å². The molecule has 168 valence electrons. The number of methoxy groups -OCH3 is 1. The molecule has 0 aliphatic carbocycles. The zero-order valence-electron chi connectivity index (χ0n) is 18.2. The van der Waals surface area contributed by atoms with Crippen molar-refractivity contribution in [1.82, 2.24) is 4.90 Å². The molecule has 33 heavy (non-hydrogen) atoms. The Morgan fingerprint density at radius 1 is 0.939 bits per heavy atom. The van der Waals surface area contributed by atoms with Gasteiger partial charge in [0.1, 0.15) is 6.61 Å². The van der Waals surface area contributed by atoms with Crippen LogP contribution in [0.1, 0.15) is 22.3 Å². The fourth-order valence-corrected chi connectivity index (χ4v) is 4.50. The Bertz CT molecular complexity index is 1210. The Balaban J connectivity index is 1.47. The molecule has 1 fully saturated rings. The van der Waals surface area contributed by atoms with E-state index in [1.54, 1.807) is 19.3 Å². The van der Waals surface area contributed by atoms with Gasteiger partial charge in [-0.2, -0.15) is 0 Å². The van der Waals surface area contributed by atoms with Crippen molar-refractivity contribution in [3.63, 3.8) is 0 Å². The number of halogens is 1. The van der Waals surface area contributed by atoms with Crippen LogP contribution in [-0.2, 0) is 17.9 Å². The summed E-state index contributed by atoms with van der Waals surface area (Å²) in [5.74, 6) is 0.887. The molecule has 7 heteroatoms. The van der Waals surface area contributed by atoms with Crippen molar-refractivity contribution in [1.29, 1.82) is 0 Å². The minimum absolute atomic E-state index is 0.258. The summed E-state index contributed by atoms with van der Waals surface area (Å²) in [5.41, 5.74) is 3.93. The molecule has 0 saturated carbocycles. The summed E-state index contributed by atoms with van der Waals surface area (Å²) in [5, 5.41) is -0.269. The van der Waals surface area contributed by atoms with Crippen LogP contribution in [0.4, 0.5) is 4.79 Å². The molecular weight excluding hydrogens is 549 g/mol. The van der Waals surface area contributed by atoms with Gasteiger partial charge in [0.05, 0.1) is 18.6 Å². The Hall–Kier alpha value is -2.78. The summed E-state index contributed by atoms with van der Waals surface area (Å²) in [6, 6.07) is 21.4. The third kappa shape index (κ3) is 5.78. The number of hydrogen-bond acceptors (Lipinski definition) is 5. The Morgan fingerprint density at radius 3 is 2.33 bits per heavy atom. The SMILES string of the molecule is COc1cc(/C=C2/SC(=O)N(Cc3ccc(I)cc3)C2=O)ccc1OCc1ccc(C)cc1. The molecule has 0 radical (unpaired) electrons. The molecule has 2 amide bonds. The van der Waals surface area contributed by atoms with E-state index in [9.17, 15) is 9.59 Å². The number of amides is 2. The first-order valence-corrected chi connectivity index (χ1v) is 12.2. The number of hydrogen-bond donors (Lipinski definition) is 0. The highest BCUT2D eigenvalue weighted by Crippen LogP contribution is 2.35. The number of thioether (sulfide) groups is 1. The van der Waals surface area contributed by atoms with Crippen molar-refractivity contribution < 1.29 is 19.1 Å². The van der Waals surface area contributed by atoms with E-state index in [4.69, 9.17) is 9.47 Å². The third-order valence-electron chi connectivity index (χ3n) is 5.13. The van der Waals surface area contributed by atoms with Crippen LogP contribution in [0.5, 0.6) is 11.5 Å². The standard InChI is InChI=1S/C26H22INO4S/c1-17-3-5-19(6-4-17)16-32-22-12-9-20(13-23(22)31-2)14-24-25(29)28(26(30)33-24)15-18-7-10-21(27)11-8-18/h3-14H,15-16H2,1-2H3/b24-14+. The fourth-order valence-electron chi connectivity index (χ4n) is 3.30. The normalized spacial score (nSPS) is 14.8. The predicted molar refractivity (Wildman–Crippen MR) is 139 cm³/mol. The maximum Gasteiger partial charge on any atom is 0.293 e. The van der Waals surface area contributed by atoms with Crippen molar-refractivity contribution in [2.45, 2.75) is 20.1 Å². The van der Waals surface area contributed by atoms with Crippen LogP contribution < -0.4 is 9.47 Å². The summed E-state index contributed by atoms with van der Waals surface area (Å²) >= 11 is 3.17. The van der Waals surface area contributed by atoms with Gasteiger partial charge in [-0.1, -0.05) is 48.0 Å². The molecule has 0 spiro atoms. The zero-order chi connectivity index (χ0) is 23.4. The van der Waals surface area contributed by atoms with Crippen molar-refractivity contribution in [3.8, 4) is 11.5 Å². The van der Waals surface area contributed by atoms with Crippen LogP contribution in [0.2, 0.25) is 0 Å². The second-order valence-corrected chi connectivity index (χ2v) is 9.82. The quantitative estimate of drug-likeness (QED) is 0.242. The van der Waals surface area contributed by atoms with Crippen LogP contribution in [0.15, 0.2) is 71.6 Å². The van der Waals surface area contributed by atoms with Crippen LogP contribution >= 0.6 is 34.4 Å². The van der Waals surface area contributed by atoms with Crippen molar-refractivity contribution in [3.05, 3.63) is 97.5 Å². The molecular formula is C26H22INO4S. The minimum Gasteiger partial charge on any atom is -0.493 e. The molecule has 1 aliphatic heterocycles. The van der Waals surface area contributed by atoms with E-state index in [0.717, 1.165) is 32.0 Å². The van der Waals surface area contributed by atoms with Gasteiger partial charge in [0, 0.05) is 3.57 Å². The van der Waals surface area contributed by atoms with Crippen molar-refractivity contribution >= 4 is 51.6 Å². The number of nitrogens with zero attached hydrogens (tertiary/aromatic N) is 1. The van der Waals surface area contributed by atoms with Crippen molar-refractivity contribution in [2.75, 3.05) is 7.11 Å². The Labute approximate surface area is 210 Å². The van der Waals surface area contributed by atoms with Crippen LogP contribution in [0, 0.1) is 10.5 Å². The van der Waals surface area contributed by atoms with Gasteiger partial charge in [-0.05, 0) is 88.3 Å². The van der Waals surface area contributed by atoms with Crippen molar-refractivity contribution in [2.24, 2.45) is 0 Å². The summed E-state index contributed by atoms with van der Waals surface area (Å²) in [7, 11) is 1.58. The summed E-state index contributed by atoms with van der Waals surface area (Å²) < 4.78 is 12.5. The number of ether oxygens (including phenoxy) is 2. The molecule has 4 rings (SSSR count). The molecule has 0 unspecified atom stereocenters. The maximum atomic E-state index is 12.9. The highest BCUT2D eigenvalue weighted by Gasteiger charge is 2.35. The van der Waals surface area contributed by atoms with Crippen LogP contribution in [-0.4, -0.2) is 23.2 Å². The van der Waals surface area contributed by atoms with E-state index in [1.807, 2.05) is 67.6 Å². The predicted octanol–water partition coefficient (Wildman–Crippen LogP) is 6.42. The van der Waals surface area contributed by atoms with E-state index >= 15 is 0 Å². The first kappa shape index (κ1) is 23.4. The zero-order valence-corrected chi connectivity index (χ0v) is 21.2. The topological polar surface area (TPSA) is 55.8 Å². The molecule has 1 saturated heterocycles. The molecule has 5 nitrogen and oxygen atoms in total. The second-order valence-electron chi connectivity index (χ2n) is 7.58. The highest BCUT2D eigenvalue weighted by molar-refractivity contribution is 14.1. The van der Waals surface area contributed by atoms with E-state index in [2.05, 4.69) is 22.6 Å². The fraction of sp³-hybridized carbons (Fsp3) is 0.154. The lowest BCUT2D eigenvalue weighted by molar-refractivity contribution is -0.123. The summed E-state index contributed by atoms with van der Waals surface area (Å²) in [4.78, 5) is 27.0. The highest BCUT2D eigenvalue weighted by atomic mass is 127. The minimum atomic E-state index is -0.290. The Kier molecular flexibility index (Phi) is 7.39. The lowest BCUT2D eigenvalue weighted by Gasteiger charge is -2.13. The molecule has 1 heterocycles. The maximum absolute atomic E-state index is 12.9. The number of imide groups is 1. The molecule has 1 aliphatic rings. The molecule has 3 aromatic carbocycles. The van der Waals surface area contributed by atoms with E-state index < -0.39 is 0 Å². The number of rotatable bonds is 7. The first-order valence-electron chi connectivity index (χ1n) is 10.3. The average Bonchev–Trinajstić information content (AvgIpc) is 3.07. The first-order chi connectivity index (χ1) is 15.9. The van der Waals surface area contributed by atoms with Gasteiger partial charge in [0.15, 0.2) is 11.5 Å². The number of carbonyl (C=O) groups is 2. The lowest BCUT2D eigenvalue weighted by atomic mass is 10.1. The lowest BCUT2D eigenvalue weighted by Crippen LogP contribution is -2.27. The van der Waals surface area contributed by atoms with Crippen LogP contribution in [0.25, 0.3) is 6.08 Å². The van der Waals surface area contributed by atoms with E-state index in [1.165, 1.54) is 10.5 Å². The van der Waals surface area contributed by atoms with Gasteiger partial charge in [0.25, 0.3) is 11.1 Å². The molecule has 0 aromatic heterocycles. The van der Waals surface area contributed by atoms with Gasteiger partial charge in [-0.3, -0.25) is 14.5 Å². The van der Waals surface area contributed by atoms with Gasteiger partial charge in [-0.15, -0.1) is 0 Å². The van der Waals surface area contributed by atoms with Crippen LogP contribution in [0.3, 0.4) is 0 Å². The summed E-state index contributed by atoms with van der Waals surface area (Å²) in [6.45, 7) is 2.73. The largest absolute Gasteiger partial charge is 0.493 e. The second kappa shape index (κ2) is 10.4. The molecule has 3 aromatic rings. The van der Waals surface area contributed by atoms with E-state index in [0.29, 0.717) is 23.0 Å². The average molecular weight is 571 g/mol. The third-order valence-corrected chi connectivity index (χ3v) is 6.75. The Morgan fingerprint density at radius 2 is 1.64 bits per heavy atom. The molecule has 0 bridgehead atoms. The summed E-state index contributed by atoms with van der Waals surface area (Å²) in [6.07, 6.45) is 1.71. The van der Waals surface area contributed by atoms with Gasteiger partial charge < -0.3 is 9.47 Å². The molecule has 0 N–H and O–H groups in total. The number of aryl methyl sites for hydroxylation is 1. The number of benzene rings is 3. The number of carbonyl (C=O) groups excluding carboxylic acids is 2. The van der Waals surface area contributed by atoms with Gasteiger partial charge in [-0.25, -0.2) is 0 Å².